The fourth-order valence-electron chi connectivity index (χ4n) is 1.34. The molecule has 0 radical (unpaired) electrons. The summed E-state index contributed by atoms with van der Waals surface area (Å²) in [6.45, 7) is 0. The second-order valence-corrected chi connectivity index (χ2v) is 4.61. The van der Waals surface area contributed by atoms with Gasteiger partial charge in [-0.25, -0.2) is 9.37 Å². The molecule has 1 aromatic carbocycles. The largest absolute Gasteiger partial charge is 0.322 e. The number of halogens is 3. The Kier molecular flexibility index (Phi) is 3.93. The van der Waals surface area contributed by atoms with Crippen LogP contribution in [0.1, 0.15) is 0 Å². The predicted octanol–water partition coefficient (Wildman–Crippen LogP) is 2.71. The molecule has 0 bridgehead atoms. The first-order valence-corrected chi connectivity index (χ1v) is 6.05. The first-order valence-electron chi connectivity index (χ1n) is 4.82. The highest BCUT2D eigenvalue weighted by Crippen LogP contribution is 2.28. The van der Waals surface area contributed by atoms with E-state index in [0.29, 0.717) is 17.1 Å². The molecule has 18 heavy (non-hydrogen) atoms. The van der Waals surface area contributed by atoms with Gasteiger partial charge in [-0.1, -0.05) is 27.5 Å². The number of alkyl halides is 2. The molecule has 0 aliphatic carbocycles. The van der Waals surface area contributed by atoms with E-state index in [2.05, 4.69) is 36.4 Å². The third-order valence-electron chi connectivity index (χ3n) is 2.11. The Balaban J connectivity index is 2.38. The van der Waals surface area contributed by atoms with E-state index in [1.54, 1.807) is 18.2 Å². The van der Waals surface area contributed by atoms with Crippen molar-refractivity contribution in [1.82, 2.24) is 15.2 Å². The highest BCUT2D eigenvalue weighted by molar-refractivity contribution is 9.10. The summed E-state index contributed by atoms with van der Waals surface area (Å²) in [6.07, 6.45) is 1.33. The number of rotatable bonds is 3. The molecular formula is C10H7BrClFN4O. The lowest BCUT2D eigenvalue weighted by Gasteiger charge is -2.09. The van der Waals surface area contributed by atoms with Crippen molar-refractivity contribution in [3.63, 3.8) is 0 Å². The SMILES string of the molecule is O=C(Nc1ccc(Br)cc1-c1ncn[nH]1)C(F)Cl. The zero-order valence-electron chi connectivity index (χ0n) is 8.82. The lowest BCUT2D eigenvalue weighted by molar-refractivity contribution is -0.118. The Morgan fingerprint density at radius 2 is 2.33 bits per heavy atom. The number of nitrogens with zero attached hydrogens (tertiary/aromatic N) is 2. The molecule has 0 saturated carbocycles. The quantitative estimate of drug-likeness (QED) is 0.849. The molecule has 0 saturated heterocycles. The van der Waals surface area contributed by atoms with Gasteiger partial charge in [-0.3, -0.25) is 9.89 Å². The summed E-state index contributed by atoms with van der Waals surface area (Å²) in [5, 5.41) is 8.75. The van der Waals surface area contributed by atoms with Gasteiger partial charge in [0, 0.05) is 10.0 Å². The second kappa shape index (κ2) is 5.45. The zero-order chi connectivity index (χ0) is 13.1. The Hall–Kier alpha value is -1.47. The Labute approximate surface area is 115 Å². The zero-order valence-corrected chi connectivity index (χ0v) is 11.2. The van der Waals surface area contributed by atoms with Crippen LogP contribution in [0.25, 0.3) is 11.4 Å². The summed E-state index contributed by atoms with van der Waals surface area (Å²) >= 11 is 8.37. The number of benzene rings is 1. The van der Waals surface area contributed by atoms with Gasteiger partial charge in [-0.15, -0.1) is 0 Å². The van der Waals surface area contributed by atoms with E-state index in [9.17, 15) is 9.18 Å². The van der Waals surface area contributed by atoms with E-state index in [-0.39, 0.29) is 0 Å². The van der Waals surface area contributed by atoms with Crippen LogP contribution in [0.3, 0.4) is 0 Å². The first-order chi connectivity index (χ1) is 8.58. The molecule has 1 unspecified atom stereocenters. The van der Waals surface area contributed by atoms with E-state index in [0.717, 1.165) is 4.47 Å². The number of anilines is 1. The Morgan fingerprint density at radius 1 is 1.56 bits per heavy atom. The standard InChI is InChI=1S/C10H7BrClFN4O/c11-5-1-2-7(16-10(18)8(12)13)6(3-5)9-14-4-15-17-9/h1-4,8H,(H,16,18)(H,14,15,17). The average Bonchev–Trinajstić information content (AvgIpc) is 2.84. The fraction of sp³-hybridized carbons (Fsp3) is 0.100. The minimum absolute atomic E-state index is 0.392. The monoisotopic (exact) mass is 332 g/mol. The smallest absolute Gasteiger partial charge is 0.274 e. The van der Waals surface area contributed by atoms with Crippen molar-refractivity contribution in [2.45, 2.75) is 5.63 Å². The average molecular weight is 334 g/mol. The Morgan fingerprint density at radius 3 is 2.94 bits per heavy atom. The van der Waals surface area contributed by atoms with Gasteiger partial charge in [0.2, 0.25) is 0 Å². The van der Waals surface area contributed by atoms with Gasteiger partial charge in [-0.2, -0.15) is 5.10 Å². The fourth-order valence-corrected chi connectivity index (χ4v) is 1.76. The van der Waals surface area contributed by atoms with Gasteiger partial charge in [0.1, 0.15) is 6.33 Å². The molecule has 1 atom stereocenters. The molecule has 1 amide bonds. The first kappa shape index (κ1) is 13.0. The van der Waals surface area contributed by atoms with Crippen LogP contribution in [0.15, 0.2) is 29.0 Å². The summed E-state index contributed by atoms with van der Waals surface area (Å²) in [6, 6.07) is 5.04. The van der Waals surface area contributed by atoms with Gasteiger partial charge >= 0.3 is 0 Å². The molecule has 0 aliphatic rings. The van der Waals surface area contributed by atoms with Gasteiger partial charge in [0.15, 0.2) is 5.82 Å². The van der Waals surface area contributed by atoms with Crippen LogP contribution < -0.4 is 5.32 Å². The highest BCUT2D eigenvalue weighted by atomic mass is 79.9. The number of hydrogen-bond donors (Lipinski definition) is 2. The lowest BCUT2D eigenvalue weighted by atomic mass is 10.1. The minimum atomic E-state index is -2.10. The van der Waals surface area contributed by atoms with Crippen molar-refractivity contribution < 1.29 is 9.18 Å². The topological polar surface area (TPSA) is 70.7 Å². The maximum absolute atomic E-state index is 12.6. The summed E-state index contributed by atoms with van der Waals surface area (Å²) in [7, 11) is 0. The number of carbonyl (C=O) groups excluding carboxylic acids is 1. The summed E-state index contributed by atoms with van der Waals surface area (Å²) in [5.41, 5.74) is -1.13. The van der Waals surface area contributed by atoms with Crippen molar-refractivity contribution in [3.05, 3.63) is 29.0 Å². The van der Waals surface area contributed by atoms with Crippen LogP contribution in [-0.2, 0) is 4.79 Å². The van der Waals surface area contributed by atoms with Crippen molar-refractivity contribution in [1.29, 1.82) is 0 Å². The molecule has 1 heterocycles. The van der Waals surface area contributed by atoms with Crippen LogP contribution in [0.5, 0.6) is 0 Å². The number of H-pyrrole nitrogens is 1. The maximum Gasteiger partial charge on any atom is 0.274 e. The molecule has 94 valence electrons. The van der Waals surface area contributed by atoms with Gasteiger partial charge in [-0.05, 0) is 18.2 Å². The molecule has 0 aliphatic heterocycles. The van der Waals surface area contributed by atoms with Crippen molar-refractivity contribution in [2.75, 3.05) is 5.32 Å². The second-order valence-electron chi connectivity index (χ2n) is 3.31. The van der Waals surface area contributed by atoms with Crippen molar-refractivity contribution in [3.8, 4) is 11.4 Å². The molecule has 2 N–H and O–H groups in total. The van der Waals surface area contributed by atoms with Crippen molar-refractivity contribution >= 4 is 39.1 Å². The van der Waals surface area contributed by atoms with Gasteiger partial charge in [0.25, 0.3) is 11.5 Å². The molecule has 2 rings (SSSR count). The van der Waals surface area contributed by atoms with Crippen LogP contribution in [0.4, 0.5) is 10.1 Å². The van der Waals surface area contributed by atoms with Crippen LogP contribution in [-0.4, -0.2) is 26.7 Å². The number of aromatic amines is 1. The summed E-state index contributed by atoms with van der Waals surface area (Å²) in [4.78, 5) is 15.2. The molecular weight excluding hydrogens is 326 g/mol. The van der Waals surface area contributed by atoms with E-state index < -0.39 is 11.5 Å². The summed E-state index contributed by atoms with van der Waals surface area (Å²) in [5.74, 6) is -0.476. The molecule has 0 spiro atoms. The number of carbonyl (C=O) groups is 1. The van der Waals surface area contributed by atoms with Crippen LogP contribution >= 0.6 is 27.5 Å². The van der Waals surface area contributed by atoms with E-state index in [4.69, 9.17) is 11.6 Å². The summed E-state index contributed by atoms with van der Waals surface area (Å²) < 4.78 is 13.4. The molecule has 5 nitrogen and oxygen atoms in total. The predicted molar refractivity (Wildman–Crippen MR) is 68.9 cm³/mol. The van der Waals surface area contributed by atoms with Gasteiger partial charge in [0.05, 0.1) is 5.69 Å². The third-order valence-corrected chi connectivity index (χ3v) is 2.80. The number of amides is 1. The molecule has 1 aromatic heterocycles. The maximum atomic E-state index is 12.6. The van der Waals surface area contributed by atoms with Crippen molar-refractivity contribution in [2.24, 2.45) is 0 Å². The molecule has 8 heteroatoms. The minimum Gasteiger partial charge on any atom is -0.322 e. The number of hydrogen-bond acceptors (Lipinski definition) is 3. The number of aromatic nitrogens is 3. The normalized spacial score (nSPS) is 12.2. The van der Waals surface area contributed by atoms with Crippen LogP contribution in [0.2, 0.25) is 0 Å². The van der Waals surface area contributed by atoms with E-state index in [1.165, 1.54) is 6.33 Å². The van der Waals surface area contributed by atoms with E-state index in [1.807, 2.05) is 0 Å². The highest BCUT2D eigenvalue weighted by Gasteiger charge is 2.16. The Bertz CT molecular complexity index is 561. The molecule has 2 aromatic rings. The van der Waals surface area contributed by atoms with Gasteiger partial charge < -0.3 is 5.32 Å². The lowest BCUT2D eigenvalue weighted by Crippen LogP contribution is -2.19. The number of nitrogens with one attached hydrogen (secondary N) is 2. The third kappa shape index (κ3) is 2.85. The van der Waals surface area contributed by atoms with E-state index >= 15 is 0 Å². The molecule has 0 fully saturated rings. The van der Waals surface area contributed by atoms with Crippen LogP contribution in [0, 0.1) is 0 Å².